The molecule has 2 amide bonds. The van der Waals surface area contributed by atoms with Crippen molar-refractivity contribution in [1.82, 2.24) is 5.48 Å². The summed E-state index contributed by atoms with van der Waals surface area (Å²) in [7, 11) is 0. The van der Waals surface area contributed by atoms with Gasteiger partial charge in [0, 0.05) is 5.69 Å². The zero-order valence-electron chi connectivity index (χ0n) is 10.6. The van der Waals surface area contributed by atoms with Crippen molar-refractivity contribution in [2.24, 2.45) is 0 Å². The number of aryl methyl sites for hydroxylation is 1. The van der Waals surface area contributed by atoms with Crippen LogP contribution in [0.15, 0.2) is 24.3 Å². The highest BCUT2D eigenvalue weighted by molar-refractivity contribution is 5.82. The number of carbonyl (C=O) groups excluding carboxylic acids is 1. The summed E-state index contributed by atoms with van der Waals surface area (Å²) in [6, 6.07) is 7.16. The van der Waals surface area contributed by atoms with Gasteiger partial charge >= 0.3 is 6.09 Å². The van der Waals surface area contributed by atoms with Crippen LogP contribution in [0.5, 0.6) is 0 Å². The summed E-state index contributed by atoms with van der Waals surface area (Å²) in [5, 5.41) is 10.6. The van der Waals surface area contributed by atoms with Crippen molar-refractivity contribution in [3.63, 3.8) is 0 Å². The lowest BCUT2D eigenvalue weighted by Crippen LogP contribution is -2.16. The second-order valence-corrected chi connectivity index (χ2v) is 3.70. The standard InChI is InChI=1S/C8H9NO2.C4H9NO2/c1-6-2-4-7(5-3-6)9-8(10)11;1-4(2)7-5-3-6/h2-5,9H,1H3,(H,10,11);3-4H,1-2H3,(H,5,6). The monoisotopic (exact) mass is 254 g/mol. The average Bonchev–Trinajstić information content (AvgIpc) is 2.30. The lowest BCUT2D eigenvalue weighted by molar-refractivity contribution is -0.123. The Morgan fingerprint density at radius 2 is 1.89 bits per heavy atom. The lowest BCUT2D eigenvalue weighted by atomic mass is 10.2. The van der Waals surface area contributed by atoms with Gasteiger partial charge in [-0.3, -0.25) is 14.9 Å². The Morgan fingerprint density at radius 1 is 1.33 bits per heavy atom. The highest BCUT2D eigenvalue weighted by atomic mass is 16.7. The molecule has 6 heteroatoms. The maximum Gasteiger partial charge on any atom is 0.409 e. The number of hydroxylamine groups is 1. The Hall–Kier alpha value is -2.08. The van der Waals surface area contributed by atoms with E-state index in [1.807, 2.05) is 32.9 Å². The van der Waals surface area contributed by atoms with E-state index in [0.29, 0.717) is 12.1 Å². The van der Waals surface area contributed by atoms with Crippen LogP contribution in [0.4, 0.5) is 10.5 Å². The quantitative estimate of drug-likeness (QED) is 0.567. The molecule has 0 fully saturated rings. The van der Waals surface area contributed by atoms with Crippen molar-refractivity contribution in [3.05, 3.63) is 29.8 Å². The molecule has 0 atom stereocenters. The fourth-order valence-corrected chi connectivity index (χ4v) is 0.924. The molecule has 0 aliphatic heterocycles. The second-order valence-electron chi connectivity index (χ2n) is 3.70. The molecule has 3 N–H and O–H groups in total. The Balaban J connectivity index is 0.000000360. The van der Waals surface area contributed by atoms with Crippen molar-refractivity contribution >= 4 is 18.2 Å². The zero-order chi connectivity index (χ0) is 14.0. The van der Waals surface area contributed by atoms with E-state index >= 15 is 0 Å². The predicted octanol–water partition coefficient (Wildman–Crippen LogP) is 2.16. The first kappa shape index (κ1) is 15.9. The van der Waals surface area contributed by atoms with Gasteiger partial charge < -0.3 is 5.11 Å². The number of hydrogen-bond acceptors (Lipinski definition) is 3. The largest absolute Gasteiger partial charge is 0.465 e. The number of amides is 2. The van der Waals surface area contributed by atoms with Crippen molar-refractivity contribution < 1.29 is 19.5 Å². The van der Waals surface area contributed by atoms with Gasteiger partial charge in [0.1, 0.15) is 0 Å². The molecule has 0 saturated heterocycles. The third-order valence-corrected chi connectivity index (χ3v) is 1.65. The van der Waals surface area contributed by atoms with Crippen LogP contribution in [0.25, 0.3) is 0 Å². The minimum atomic E-state index is -1.03. The van der Waals surface area contributed by atoms with Gasteiger partial charge in [0.2, 0.25) is 6.41 Å². The highest BCUT2D eigenvalue weighted by Crippen LogP contribution is 2.07. The Morgan fingerprint density at radius 3 is 2.22 bits per heavy atom. The van der Waals surface area contributed by atoms with Crippen molar-refractivity contribution in [2.75, 3.05) is 5.32 Å². The number of carbonyl (C=O) groups is 2. The normalized spacial score (nSPS) is 9.11. The molecule has 0 bridgehead atoms. The van der Waals surface area contributed by atoms with Crippen LogP contribution in [0.3, 0.4) is 0 Å². The summed E-state index contributed by atoms with van der Waals surface area (Å²) in [6.07, 6.45) is -0.473. The minimum absolute atomic E-state index is 0.0604. The van der Waals surface area contributed by atoms with Gasteiger partial charge in [-0.15, -0.1) is 0 Å². The third-order valence-electron chi connectivity index (χ3n) is 1.65. The van der Waals surface area contributed by atoms with Crippen LogP contribution < -0.4 is 10.8 Å². The minimum Gasteiger partial charge on any atom is -0.465 e. The van der Waals surface area contributed by atoms with Crippen LogP contribution in [0, 0.1) is 6.92 Å². The van der Waals surface area contributed by atoms with E-state index in [1.54, 1.807) is 12.1 Å². The number of rotatable bonds is 4. The van der Waals surface area contributed by atoms with Crippen molar-refractivity contribution in [3.8, 4) is 0 Å². The molecule has 0 radical (unpaired) electrons. The van der Waals surface area contributed by atoms with Gasteiger partial charge in [0.05, 0.1) is 6.10 Å². The molecule has 100 valence electrons. The van der Waals surface area contributed by atoms with Crippen molar-refractivity contribution in [2.45, 2.75) is 26.9 Å². The van der Waals surface area contributed by atoms with Crippen LogP contribution in [0.1, 0.15) is 19.4 Å². The Labute approximate surface area is 106 Å². The van der Waals surface area contributed by atoms with Gasteiger partial charge in [0.15, 0.2) is 0 Å². The Bertz CT molecular complexity index is 363. The summed E-state index contributed by atoms with van der Waals surface area (Å²) in [6.45, 7) is 5.61. The maximum atomic E-state index is 10.1. The summed E-state index contributed by atoms with van der Waals surface area (Å²) in [4.78, 5) is 24.2. The van der Waals surface area contributed by atoms with E-state index in [1.165, 1.54) is 0 Å². The topological polar surface area (TPSA) is 87.7 Å². The third kappa shape index (κ3) is 9.17. The molecule has 0 unspecified atom stereocenters. The summed E-state index contributed by atoms with van der Waals surface area (Å²) in [5.74, 6) is 0. The maximum absolute atomic E-state index is 10.1. The van der Waals surface area contributed by atoms with Crippen LogP contribution in [0.2, 0.25) is 0 Å². The SMILES string of the molecule is CC(C)ONC=O.Cc1ccc(NC(=O)O)cc1. The molecule has 0 saturated carbocycles. The molecule has 1 rings (SSSR count). The molecule has 6 nitrogen and oxygen atoms in total. The first-order valence-corrected chi connectivity index (χ1v) is 5.37. The van der Waals surface area contributed by atoms with Crippen molar-refractivity contribution in [1.29, 1.82) is 0 Å². The smallest absolute Gasteiger partial charge is 0.409 e. The number of nitrogens with one attached hydrogen (secondary N) is 2. The van der Waals surface area contributed by atoms with Crippen LogP contribution >= 0.6 is 0 Å². The molecule has 0 aliphatic rings. The number of anilines is 1. The first-order valence-electron chi connectivity index (χ1n) is 5.37. The van der Waals surface area contributed by atoms with E-state index in [9.17, 15) is 9.59 Å². The second kappa shape index (κ2) is 9.00. The number of carboxylic acid groups (broad SMARTS) is 1. The van der Waals surface area contributed by atoms with E-state index in [4.69, 9.17) is 5.11 Å². The van der Waals surface area contributed by atoms with Gasteiger partial charge in [-0.05, 0) is 32.9 Å². The average molecular weight is 254 g/mol. The number of hydrogen-bond donors (Lipinski definition) is 3. The van der Waals surface area contributed by atoms with Crippen LogP contribution in [-0.4, -0.2) is 23.7 Å². The number of benzene rings is 1. The van der Waals surface area contributed by atoms with Gasteiger partial charge in [-0.25, -0.2) is 10.3 Å². The van der Waals surface area contributed by atoms with E-state index in [2.05, 4.69) is 15.6 Å². The molecular formula is C12H18N2O4. The highest BCUT2D eigenvalue weighted by Gasteiger charge is 1.94. The summed E-state index contributed by atoms with van der Waals surface area (Å²) < 4.78 is 0. The van der Waals surface area contributed by atoms with E-state index in [0.717, 1.165) is 5.56 Å². The van der Waals surface area contributed by atoms with Crippen LogP contribution in [-0.2, 0) is 9.63 Å². The zero-order valence-corrected chi connectivity index (χ0v) is 10.6. The molecule has 18 heavy (non-hydrogen) atoms. The fraction of sp³-hybridized carbons (Fsp3) is 0.333. The summed E-state index contributed by atoms with van der Waals surface area (Å²) >= 11 is 0. The molecule has 1 aromatic rings. The molecule has 0 heterocycles. The molecular weight excluding hydrogens is 236 g/mol. The first-order chi connectivity index (χ1) is 8.45. The van der Waals surface area contributed by atoms with E-state index < -0.39 is 6.09 Å². The molecule has 0 spiro atoms. The molecule has 0 aromatic heterocycles. The lowest BCUT2D eigenvalue weighted by Gasteiger charge is -2.00. The van der Waals surface area contributed by atoms with E-state index in [-0.39, 0.29) is 6.10 Å². The van der Waals surface area contributed by atoms with Gasteiger partial charge in [-0.1, -0.05) is 17.7 Å². The molecule has 1 aromatic carbocycles. The van der Waals surface area contributed by atoms with Gasteiger partial charge in [0.25, 0.3) is 0 Å². The Kier molecular flexibility index (Phi) is 7.96. The summed E-state index contributed by atoms with van der Waals surface area (Å²) in [5.41, 5.74) is 3.78. The fourth-order valence-electron chi connectivity index (χ4n) is 0.924. The molecule has 0 aliphatic carbocycles. The predicted molar refractivity (Wildman–Crippen MR) is 68.2 cm³/mol. The van der Waals surface area contributed by atoms with Gasteiger partial charge in [-0.2, -0.15) is 0 Å².